The zero-order valence-electron chi connectivity index (χ0n) is 14.9. The summed E-state index contributed by atoms with van der Waals surface area (Å²) in [4.78, 5) is 29.5. The Bertz CT molecular complexity index is 1070. The largest absolute Gasteiger partial charge is 0.492 e. The Hall–Kier alpha value is -3.33. The van der Waals surface area contributed by atoms with Crippen molar-refractivity contribution >= 4 is 28.8 Å². The number of anilines is 1. The fourth-order valence-electron chi connectivity index (χ4n) is 3.08. The molecule has 0 unspecified atom stereocenters. The minimum atomic E-state index is -1.06. The lowest BCUT2D eigenvalue weighted by Gasteiger charge is -2.28. The SMILES string of the molecule is O=C(N[C@H]1CCOc2c(C(=O)Nc3ccc(F)c(F)c3)cccc21)c1cncs1. The molecule has 0 aliphatic carbocycles. The van der Waals surface area contributed by atoms with E-state index in [4.69, 9.17) is 4.74 Å². The lowest BCUT2D eigenvalue weighted by molar-refractivity contribution is 0.0928. The van der Waals surface area contributed by atoms with Gasteiger partial charge >= 0.3 is 0 Å². The van der Waals surface area contributed by atoms with Gasteiger partial charge in [0, 0.05) is 23.7 Å². The Morgan fingerprint density at radius 3 is 2.76 bits per heavy atom. The van der Waals surface area contributed by atoms with E-state index in [0.717, 1.165) is 12.1 Å². The maximum atomic E-state index is 13.4. The second-order valence-electron chi connectivity index (χ2n) is 6.34. The number of carbonyl (C=O) groups excluding carboxylic acids is 2. The van der Waals surface area contributed by atoms with Crippen LogP contribution in [0.4, 0.5) is 14.5 Å². The van der Waals surface area contributed by atoms with Crippen LogP contribution < -0.4 is 15.4 Å². The number of halogens is 2. The molecule has 1 aliphatic heterocycles. The van der Waals surface area contributed by atoms with E-state index in [0.29, 0.717) is 29.2 Å². The van der Waals surface area contributed by atoms with E-state index < -0.39 is 17.5 Å². The molecule has 2 amide bonds. The summed E-state index contributed by atoms with van der Waals surface area (Å²) in [6.07, 6.45) is 2.04. The molecule has 2 aromatic carbocycles. The third kappa shape index (κ3) is 3.95. The molecule has 3 aromatic rings. The molecule has 29 heavy (non-hydrogen) atoms. The molecule has 1 aliphatic rings. The summed E-state index contributed by atoms with van der Waals surface area (Å²) in [6, 6.07) is 7.81. The average molecular weight is 415 g/mol. The van der Waals surface area contributed by atoms with Crippen LogP contribution in [0.3, 0.4) is 0 Å². The van der Waals surface area contributed by atoms with Crippen molar-refractivity contribution in [3.63, 3.8) is 0 Å². The molecule has 2 heterocycles. The predicted molar refractivity (Wildman–Crippen MR) is 103 cm³/mol. The number of ether oxygens (including phenoxy) is 1. The van der Waals surface area contributed by atoms with Crippen LogP contribution in [0.15, 0.2) is 48.1 Å². The van der Waals surface area contributed by atoms with Gasteiger partial charge in [0.15, 0.2) is 11.6 Å². The molecule has 0 bridgehead atoms. The van der Waals surface area contributed by atoms with Crippen LogP contribution in [0.1, 0.15) is 38.1 Å². The van der Waals surface area contributed by atoms with Crippen molar-refractivity contribution < 1.29 is 23.1 Å². The summed E-state index contributed by atoms with van der Waals surface area (Å²) >= 11 is 1.24. The van der Waals surface area contributed by atoms with Gasteiger partial charge in [0.2, 0.25) is 0 Å². The van der Waals surface area contributed by atoms with Crippen molar-refractivity contribution in [1.29, 1.82) is 0 Å². The van der Waals surface area contributed by atoms with Gasteiger partial charge in [-0.25, -0.2) is 8.78 Å². The fourth-order valence-corrected chi connectivity index (χ4v) is 3.61. The molecule has 4 rings (SSSR count). The van der Waals surface area contributed by atoms with Gasteiger partial charge in [0.05, 0.1) is 29.9 Å². The highest BCUT2D eigenvalue weighted by Crippen LogP contribution is 2.35. The van der Waals surface area contributed by atoms with Gasteiger partial charge in [0.25, 0.3) is 11.8 Å². The molecule has 0 radical (unpaired) electrons. The van der Waals surface area contributed by atoms with E-state index in [-0.39, 0.29) is 23.2 Å². The van der Waals surface area contributed by atoms with Gasteiger partial charge in [-0.1, -0.05) is 12.1 Å². The summed E-state index contributed by atoms with van der Waals surface area (Å²) in [7, 11) is 0. The molecule has 9 heteroatoms. The smallest absolute Gasteiger partial charge is 0.263 e. The first-order valence-electron chi connectivity index (χ1n) is 8.74. The van der Waals surface area contributed by atoms with E-state index >= 15 is 0 Å². The Labute approximate surface area is 168 Å². The van der Waals surface area contributed by atoms with Crippen molar-refractivity contribution in [2.75, 3.05) is 11.9 Å². The monoisotopic (exact) mass is 415 g/mol. The lowest BCUT2D eigenvalue weighted by atomic mass is 9.97. The zero-order valence-corrected chi connectivity index (χ0v) is 15.8. The van der Waals surface area contributed by atoms with Crippen LogP contribution in [0, 0.1) is 11.6 Å². The molecule has 2 N–H and O–H groups in total. The molecule has 6 nitrogen and oxygen atoms in total. The second-order valence-corrected chi connectivity index (χ2v) is 7.22. The Kier molecular flexibility index (Phi) is 5.22. The van der Waals surface area contributed by atoms with Crippen molar-refractivity contribution in [2.24, 2.45) is 0 Å². The standard InChI is InChI=1S/C20H15F2N3O3S/c21-14-5-4-11(8-15(14)22)24-19(26)13-3-1-2-12-16(6-7-28-18(12)13)25-20(27)17-9-23-10-29-17/h1-5,8-10,16H,6-7H2,(H,24,26)(H,25,27)/t16-/m0/s1. The number of carbonyl (C=O) groups is 2. The van der Waals surface area contributed by atoms with E-state index in [1.807, 2.05) is 0 Å². The number of hydrogen-bond donors (Lipinski definition) is 2. The quantitative estimate of drug-likeness (QED) is 0.677. The number of rotatable bonds is 4. The van der Waals surface area contributed by atoms with Crippen LogP contribution in [-0.2, 0) is 0 Å². The molecule has 1 atom stereocenters. The first-order chi connectivity index (χ1) is 14.0. The molecular weight excluding hydrogens is 400 g/mol. The third-order valence-electron chi connectivity index (χ3n) is 4.46. The van der Waals surface area contributed by atoms with E-state index in [9.17, 15) is 18.4 Å². The number of amides is 2. The summed E-state index contributed by atoms with van der Waals surface area (Å²) in [5, 5.41) is 5.47. The predicted octanol–water partition coefficient (Wildman–Crippen LogP) is 3.93. The highest BCUT2D eigenvalue weighted by atomic mass is 32.1. The van der Waals surface area contributed by atoms with Gasteiger partial charge in [-0.2, -0.15) is 0 Å². The molecule has 1 aromatic heterocycles. The normalized spacial score (nSPS) is 15.2. The van der Waals surface area contributed by atoms with E-state index in [1.165, 1.54) is 23.6 Å². The second kappa shape index (κ2) is 7.96. The zero-order chi connectivity index (χ0) is 20.4. The summed E-state index contributed by atoms with van der Waals surface area (Å²) in [5.41, 5.74) is 2.61. The van der Waals surface area contributed by atoms with Crippen LogP contribution in [-0.4, -0.2) is 23.4 Å². The lowest BCUT2D eigenvalue weighted by Crippen LogP contribution is -2.32. The molecule has 148 valence electrons. The Balaban J connectivity index is 1.57. The highest BCUT2D eigenvalue weighted by Gasteiger charge is 2.27. The maximum absolute atomic E-state index is 13.4. The first-order valence-corrected chi connectivity index (χ1v) is 9.62. The number of nitrogens with one attached hydrogen (secondary N) is 2. The molecule has 0 saturated carbocycles. The van der Waals surface area contributed by atoms with Gasteiger partial charge in [0.1, 0.15) is 10.6 Å². The van der Waals surface area contributed by atoms with E-state index in [2.05, 4.69) is 15.6 Å². The van der Waals surface area contributed by atoms with Gasteiger partial charge in [-0.05, 0) is 18.2 Å². The van der Waals surface area contributed by atoms with Gasteiger partial charge < -0.3 is 15.4 Å². The third-order valence-corrected chi connectivity index (χ3v) is 5.23. The Morgan fingerprint density at radius 1 is 1.14 bits per heavy atom. The topological polar surface area (TPSA) is 80.3 Å². The average Bonchev–Trinajstić information content (AvgIpc) is 3.25. The number of nitrogens with zero attached hydrogens (tertiary/aromatic N) is 1. The number of para-hydroxylation sites is 1. The number of aromatic nitrogens is 1. The van der Waals surface area contributed by atoms with Crippen LogP contribution in [0.5, 0.6) is 5.75 Å². The summed E-state index contributed by atoms with van der Waals surface area (Å²) < 4.78 is 32.2. The number of fused-ring (bicyclic) bond motifs is 1. The van der Waals surface area contributed by atoms with Crippen molar-refractivity contribution in [1.82, 2.24) is 10.3 Å². The maximum Gasteiger partial charge on any atom is 0.263 e. The molecule has 0 spiro atoms. The fraction of sp³-hybridized carbons (Fsp3) is 0.150. The number of thiazole rings is 1. The van der Waals surface area contributed by atoms with Crippen molar-refractivity contribution in [2.45, 2.75) is 12.5 Å². The number of benzene rings is 2. The van der Waals surface area contributed by atoms with E-state index in [1.54, 1.807) is 23.7 Å². The van der Waals surface area contributed by atoms with Gasteiger partial charge in [-0.3, -0.25) is 14.6 Å². The highest BCUT2D eigenvalue weighted by molar-refractivity contribution is 7.11. The molecule has 0 fully saturated rings. The molecular formula is C20H15F2N3O3S. The van der Waals surface area contributed by atoms with Crippen molar-refractivity contribution in [3.8, 4) is 5.75 Å². The minimum Gasteiger partial charge on any atom is -0.492 e. The van der Waals surface area contributed by atoms with Crippen molar-refractivity contribution in [3.05, 3.63) is 75.7 Å². The van der Waals surface area contributed by atoms with Crippen LogP contribution >= 0.6 is 11.3 Å². The molecule has 0 saturated heterocycles. The Morgan fingerprint density at radius 2 is 2.00 bits per heavy atom. The first kappa shape index (κ1) is 19.0. The number of hydrogen-bond acceptors (Lipinski definition) is 5. The summed E-state index contributed by atoms with van der Waals surface area (Å²) in [5.74, 6) is -2.47. The van der Waals surface area contributed by atoms with Crippen LogP contribution in [0.25, 0.3) is 0 Å². The van der Waals surface area contributed by atoms with Gasteiger partial charge in [-0.15, -0.1) is 11.3 Å². The minimum absolute atomic E-state index is 0.123. The van der Waals surface area contributed by atoms with Crippen LogP contribution in [0.2, 0.25) is 0 Å². The summed E-state index contributed by atoms with van der Waals surface area (Å²) in [6.45, 7) is 0.316.